The van der Waals surface area contributed by atoms with Gasteiger partial charge in [0.2, 0.25) is 0 Å². The predicted molar refractivity (Wildman–Crippen MR) is 96.9 cm³/mol. The average Bonchev–Trinajstić information content (AvgIpc) is 2.64. The molecule has 0 unspecified atom stereocenters. The van der Waals surface area contributed by atoms with Gasteiger partial charge in [-0.2, -0.15) is 0 Å². The van der Waals surface area contributed by atoms with Gasteiger partial charge in [-0.05, 0) is 49.8 Å². The third-order valence-electron chi connectivity index (χ3n) is 4.99. The lowest BCUT2D eigenvalue weighted by Gasteiger charge is -2.36. The summed E-state index contributed by atoms with van der Waals surface area (Å²) in [5, 5.41) is 16.7. The molecule has 1 aromatic carbocycles. The van der Waals surface area contributed by atoms with Crippen molar-refractivity contribution in [3.05, 3.63) is 65.5 Å². The van der Waals surface area contributed by atoms with Gasteiger partial charge in [0, 0.05) is 12.2 Å². The van der Waals surface area contributed by atoms with Gasteiger partial charge in [0.15, 0.2) is 0 Å². The Hall–Kier alpha value is -2.40. The molecule has 1 saturated carbocycles. The van der Waals surface area contributed by atoms with E-state index in [1.54, 1.807) is 6.20 Å². The number of urea groups is 1. The molecule has 0 atom stereocenters. The van der Waals surface area contributed by atoms with Gasteiger partial charge in [0.05, 0.1) is 17.8 Å². The van der Waals surface area contributed by atoms with Gasteiger partial charge in [0.25, 0.3) is 0 Å². The molecule has 3 rings (SSSR count). The summed E-state index contributed by atoms with van der Waals surface area (Å²) in [6.45, 7) is 2.40. The maximum atomic E-state index is 12.1. The summed E-state index contributed by atoms with van der Waals surface area (Å²) in [6, 6.07) is 13.6. The lowest BCUT2D eigenvalue weighted by atomic mass is 9.78. The van der Waals surface area contributed by atoms with Gasteiger partial charge < -0.3 is 15.7 Å². The van der Waals surface area contributed by atoms with Crippen LogP contribution in [0.1, 0.15) is 42.5 Å². The van der Waals surface area contributed by atoms with Crippen molar-refractivity contribution in [2.45, 2.75) is 50.8 Å². The second-order valence-electron chi connectivity index (χ2n) is 6.77. The number of nitrogens with one attached hydrogen (secondary N) is 2. The van der Waals surface area contributed by atoms with Crippen LogP contribution < -0.4 is 10.6 Å². The van der Waals surface area contributed by atoms with Crippen molar-refractivity contribution >= 4 is 6.03 Å². The minimum absolute atomic E-state index is 0.0915. The molecule has 0 saturated heterocycles. The van der Waals surface area contributed by atoms with Crippen LogP contribution in [0.4, 0.5) is 4.79 Å². The summed E-state index contributed by atoms with van der Waals surface area (Å²) in [5.41, 5.74) is 2.12. The van der Waals surface area contributed by atoms with Crippen LogP contribution in [0, 0.1) is 6.92 Å². The fourth-order valence-electron chi connectivity index (χ4n) is 3.38. The fourth-order valence-corrected chi connectivity index (χ4v) is 3.38. The largest absolute Gasteiger partial charge is 0.385 e. The van der Waals surface area contributed by atoms with E-state index >= 15 is 0 Å². The molecule has 0 bridgehead atoms. The van der Waals surface area contributed by atoms with Crippen LogP contribution in [-0.2, 0) is 12.1 Å². The van der Waals surface area contributed by atoms with E-state index in [0.29, 0.717) is 19.4 Å². The average molecular weight is 339 g/mol. The number of aromatic nitrogens is 1. The number of benzene rings is 1. The minimum atomic E-state index is -0.777. The van der Waals surface area contributed by atoms with E-state index in [9.17, 15) is 9.90 Å². The minimum Gasteiger partial charge on any atom is -0.385 e. The fraction of sp³-hybridized carbons (Fsp3) is 0.400. The predicted octanol–water partition coefficient (Wildman–Crippen LogP) is 3.02. The molecule has 2 amide bonds. The van der Waals surface area contributed by atoms with E-state index < -0.39 is 5.60 Å². The Balaban J connectivity index is 1.47. The van der Waals surface area contributed by atoms with Crippen LogP contribution in [0.25, 0.3) is 0 Å². The highest BCUT2D eigenvalue weighted by molar-refractivity contribution is 5.74. The molecule has 0 radical (unpaired) electrons. The number of carbonyl (C=O) groups excluding carboxylic acids is 1. The van der Waals surface area contributed by atoms with Crippen LogP contribution in [0.5, 0.6) is 0 Å². The maximum absolute atomic E-state index is 12.1. The smallest absolute Gasteiger partial charge is 0.315 e. The zero-order valence-electron chi connectivity index (χ0n) is 14.5. The molecule has 1 aliphatic rings. The molecule has 1 aliphatic carbocycles. The number of pyridine rings is 1. The zero-order valence-corrected chi connectivity index (χ0v) is 14.5. The Morgan fingerprint density at radius 1 is 1.20 bits per heavy atom. The first-order valence-electron chi connectivity index (χ1n) is 8.79. The molecule has 2 aromatic rings. The van der Waals surface area contributed by atoms with Gasteiger partial charge in [-0.25, -0.2) is 4.79 Å². The summed E-state index contributed by atoms with van der Waals surface area (Å²) in [6.07, 6.45) is 4.57. The van der Waals surface area contributed by atoms with Crippen molar-refractivity contribution in [3.63, 3.8) is 0 Å². The number of nitrogens with zero attached hydrogens (tertiary/aromatic N) is 1. The molecule has 5 nitrogen and oxygen atoms in total. The third-order valence-corrected chi connectivity index (χ3v) is 4.99. The maximum Gasteiger partial charge on any atom is 0.315 e. The Morgan fingerprint density at radius 2 is 1.92 bits per heavy atom. The molecule has 1 heterocycles. The van der Waals surface area contributed by atoms with Crippen molar-refractivity contribution in [3.8, 4) is 0 Å². The summed E-state index contributed by atoms with van der Waals surface area (Å²) in [5.74, 6) is 0. The Labute approximate surface area is 148 Å². The highest BCUT2D eigenvalue weighted by atomic mass is 16.3. The van der Waals surface area contributed by atoms with Crippen LogP contribution >= 0.6 is 0 Å². The molecular formula is C20H25N3O2. The van der Waals surface area contributed by atoms with E-state index in [0.717, 1.165) is 29.7 Å². The van der Waals surface area contributed by atoms with E-state index in [1.165, 1.54) is 0 Å². The van der Waals surface area contributed by atoms with Crippen LogP contribution in [-0.4, -0.2) is 22.2 Å². The second kappa shape index (κ2) is 7.66. The molecule has 132 valence electrons. The van der Waals surface area contributed by atoms with Gasteiger partial charge in [-0.3, -0.25) is 4.98 Å². The SMILES string of the molecule is Cc1cccnc1CNC(=O)NC1CCC(O)(c2ccccc2)CC1. The first kappa shape index (κ1) is 17.4. The molecule has 0 aliphatic heterocycles. The Bertz CT molecular complexity index is 710. The van der Waals surface area contributed by atoms with Crippen molar-refractivity contribution in [1.82, 2.24) is 15.6 Å². The first-order chi connectivity index (χ1) is 12.1. The van der Waals surface area contributed by atoms with Crippen molar-refractivity contribution < 1.29 is 9.90 Å². The second-order valence-corrected chi connectivity index (χ2v) is 6.77. The monoisotopic (exact) mass is 339 g/mol. The standard InChI is InChI=1S/C20H25N3O2/c1-15-6-5-13-21-18(15)14-22-19(24)23-17-9-11-20(25,12-10-17)16-7-3-2-4-8-16/h2-8,13,17,25H,9-12,14H2,1H3,(H2,22,23,24). The number of rotatable bonds is 4. The number of amides is 2. The Kier molecular flexibility index (Phi) is 5.34. The summed E-state index contributed by atoms with van der Waals surface area (Å²) in [7, 11) is 0. The molecule has 1 aromatic heterocycles. The van der Waals surface area contributed by atoms with Crippen LogP contribution in [0.15, 0.2) is 48.7 Å². The first-order valence-corrected chi connectivity index (χ1v) is 8.79. The third kappa shape index (κ3) is 4.37. The number of hydrogen-bond acceptors (Lipinski definition) is 3. The quantitative estimate of drug-likeness (QED) is 0.801. The van der Waals surface area contributed by atoms with Gasteiger partial charge in [0.1, 0.15) is 0 Å². The van der Waals surface area contributed by atoms with Crippen molar-refractivity contribution in [1.29, 1.82) is 0 Å². The summed E-state index contributed by atoms with van der Waals surface area (Å²) < 4.78 is 0. The number of carbonyl (C=O) groups is 1. The highest BCUT2D eigenvalue weighted by Gasteiger charge is 2.35. The molecule has 5 heteroatoms. The molecule has 3 N–H and O–H groups in total. The van der Waals surface area contributed by atoms with Crippen molar-refractivity contribution in [2.24, 2.45) is 0 Å². The molecular weight excluding hydrogens is 314 g/mol. The van der Waals surface area contributed by atoms with E-state index in [1.807, 2.05) is 49.4 Å². The van der Waals surface area contributed by atoms with Crippen LogP contribution in [0.3, 0.4) is 0 Å². The van der Waals surface area contributed by atoms with E-state index in [-0.39, 0.29) is 12.1 Å². The van der Waals surface area contributed by atoms with E-state index in [2.05, 4.69) is 15.6 Å². The lowest BCUT2D eigenvalue weighted by Crippen LogP contribution is -2.46. The van der Waals surface area contributed by atoms with Gasteiger partial charge >= 0.3 is 6.03 Å². The Morgan fingerprint density at radius 3 is 2.60 bits per heavy atom. The normalized spacial score (nSPS) is 23.0. The molecule has 25 heavy (non-hydrogen) atoms. The highest BCUT2D eigenvalue weighted by Crippen LogP contribution is 2.36. The molecule has 0 spiro atoms. The van der Waals surface area contributed by atoms with Gasteiger partial charge in [-0.15, -0.1) is 0 Å². The van der Waals surface area contributed by atoms with E-state index in [4.69, 9.17) is 0 Å². The summed E-state index contributed by atoms with van der Waals surface area (Å²) >= 11 is 0. The van der Waals surface area contributed by atoms with Crippen molar-refractivity contribution in [2.75, 3.05) is 0 Å². The number of aliphatic hydroxyl groups is 1. The molecule has 1 fully saturated rings. The number of aryl methyl sites for hydroxylation is 1. The van der Waals surface area contributed by atoms with Gasteiger partial charge in [-0.1, -0.05) is 36.4 Å². The zero-order chi connectivity index (χ0) is 17.7. The lowest BCUT2D eigenvalue weighted by molar-refractivity contribution is -0.00732. The van der Waals surface area contributed by atoms with Crippen LogP contribution in [0.2, 0.25) is 0 Å². The summed E-state index contributed by atoms with van der Waals surface area (Å²) in [4.78, 5) is 16.4. The number of hydrogen-bond donors (Lipinski definition) is 3. The topological polar surface area (TPSA) is 74.2 Å².